The molecule has 0 aliphatic heterocycles. The Hall–Kier alpha value is -0.240. The highest BCUT2D eigenvalue weighted by Gasteiger charge is 2.36. The number of hydrogen-bond donors (Lipinski definition) is 0. The van der Waals surface area contributed by atoms with E-state index in [0.29, 0.717) is 5.91 Å². The Morgan fingerprint density at radius 3 is 2.44 bits per heavy atom. The van der Waals surface area contributed by atoms with E-state index in [4.69, 9.17) is 11.6 Å². The van der Waals surface area contributed by atoms with Crippen LogP contribution in [0.25, 0.3) is 0 Å². The topological polar surface area (TPSA) is 20.3 Å². The minimum atomic E-state index is -0.109. The Kier molecular flexibility index (Phi) is 5.10. The fourth-order valence-corrected chi connectivity index (χ4v) is 2.58. The molecule has 0 saturated heterocycles. The lowest BCUT2D eigenvalue weighted by atomic mass is 9.74. The van der Waals surface area contributed by atoms with Crippen LogP contribution in [-0.2, 0) is 4.79 Å². The molecule has 0 aromatic heterocycles. The summed E-state index contributed by atoms with van der Waals surface area (Å²) in [6.45, 7) is 4.87. The van der Waals surface area contributed by atoms with Crippen molar-refractivity contribution in [3.8, 4) is 0 Å². The molecule has 1 amide bonds. The molecule has 0 spiro atoms. The van der Waals surface area contributed by atoms with E-state index in [0.717, 1.165) is 25.8 Å². The maximum atomic E-state index is 12.3. The molecule has 1 aliphatic carbocycles. The normalized spacial score (nSPS) is 21.5. The Labute approximate surface area is 104 Å². The van der Waals surface area contributed by atoms with Gasteiger partial charge in [0.25, 0.3) is 0 Å². The number of alkyl halides is 1. The molecular formula is C13H24ClNO. The highest BCUT2D eigenvalue weighted by molar-refractivity contribution is 6.20. The summed E-state index contributed by atoms with van der Waals surface area (Å²) in [5.41, 5.74) is -0.109. The molecule has 0 N–H and O–H groups in total. The van der Waals surface area contributed by atoms with Gasteiger partial charge in [-0.05, 0) is 26.2 Å². The highest BCUT2D eigenvalue weighted by Crippen LogP contribution is 2.37. The van der Waals surface area contributed by atoms with Crippen LogP contribution in [0.3, 0.4) is 0 Å². The van der Waals surface area contributed by atoms with Gasteiger partial charge in [0.15, 0.2) is 0 Å². The van der Waals surface area contributed by atoms with Crippen molar-refractivity contribution in [3.63, 3.8) is 0 Å². The fourth-order valence-electron chi connectivity index (χ4n) is 2.48. The van der Waals surface area contributed by atoms with Crippen LogP contribution < -0.4 is 0 Å². The van der Waals surface area contributed by atoms with Gasteiger partial charge in [-0.1, -0.05) is 26.2 Å². The molecule has 1 atom stereocenters. The number of amides is 1. The van der Waals surface area contributed by atoms with Gasteiger partial charge in [-0.15, -0.1) is 11.6 Å². The largest absolute Gasteiger partial charge is 0.345 e. The summed E-state index contributed by atoms with van der Waals surface area (Å²) < 4.78 is 0. The average molecular weight is 246 g/mol. The van der Waals surface area contributed by atoms with E-state index in [2.05, 4.69) is 6.92 Å². The third kappa shape index (κ3) is 3.65. The zero-order chi connectivity index (χ0) is 12.2. The van der Waals surface area contributed by atoms with Gasteiger partial charge in [0.2, 0.25) is 5.91 Å². The molecule has 16 heavy (non-hydrogen) atoms. The van der Waals surface area contributed by atoms with Crippen molar-refractivity contribution in [3.05, 3.63) is 0 Å². The molecule has 0 radical (unpaired) electrons. The summed E-state index contributed by atoms with van der Waals surface area (Å²) in [6, 6.07) is 0. The van der Waals surface area contributed by atoms with Crippen molar-refractivity contribution >= 4 is 17.5 Å². The van der Waals surface area contributed by atoms with Crippen LogP contribution in [0.15, 0.2) is 0 Å². The maximum absolute atomic E-state index is 12.3. The minimum absolute atomic E-state index is 0.109. The smallest absolute Gasteiger partial charge is 0.228 e. The molecule has 1 aliphatic rings. The molecule has 3 heteroatoms. The first-order valence-corrected chi connectivity index (χ1v) is 6.79. The molecule has 0 aromatic rings. The average Bonchev–Trinajstić information content (AvgIpc) is 2.25. The van der Waals surface area contributed by atoms with Crippen molar-refractivity contribution in [2.24, 2.45) is 5.41 Å². The van der Waals surface area contributed by atoms with Gasteiger partial charge in [-0.3, -0.25) is 4.79 Å². The molecule has 0 heterocycles. The summed E-state index contributed by atoms with van der Waals surface area (Å²) in [5.74, 6) is 0.310. The predicted octanol–water partition coefficient (Wildman–Crippen LogP) is 3.43. The van der Waals surface area contributed by atoms with E-state index in [-0.39, 0.29) is 10.8 Å². The van der Waals surface area contributed by atoms with E-state index in [1.54, 1.807) is 0 Å². The summed E-state index contributed by atoms with van der Waals surface area (Å²) >= 11 is 5.91. The van der Waals surface area contributed by atoms with Gasteiger partial charge in [-0.2, -0.15) is 0 Å². The second-order valence-corrected chi connectivity index (χ2v) is 6.16. The molecule has 0 bridgehead atoms. The minimum Gasteiger partial charge on any atom is -0.345 e. The monoisotopic (exact) mass is 245 g/mol. The maximum Gasteiger partial charge on any atom is 0.228 e. The molecule has 2 nitrogen and oxygen atoms in total. The van der Waals surface area contributed by atoms with E-state index in [1.165, 1.54) is 19.3 Å². The zero-order valence-electron chi connectivity index (χ0n) is 10.8. The third-order valence-electron chi connectivity index (χ3n) is 3.68. The van der Waals surface area contributed by atoms with Crippen LogP contribution in [-0.4, -0.2) is 29.8 Å². The first-order valence-electron chi connectivity index (χ1n) is 6.35. The van der Waals surface area contributed by atoms with Gasteiger partial charge in [-0.25, -0.2) is 0 Å². The Morgan fingerprint density at radius 1 is 1.38 bits per heavy atom. The molecule has 94 valence electrons. The number of nitrogens with zero attached hydrogens (tertiary/aromatic N) is 1. The van der Waals surface area contributed by atoms with Crippen LogP contribution in [0.2, 0.25) is 0 Å². The first kappa shape index (κ1) is 13.8. The number of carbonyl (C=O) groups is 1. The Morgan fingerprint density at radius 2 is 1.94 bits per heavy atom. The van der Waals surface area contributed by atoms with Crippen molar-refractivity contribution in [2.75, 3.05) is 13.6 Å². The van der Waals surface area contributed by atoms with Crippen LogP contribution >= 0.6 is 11.6 Å². The standard InChI is InChI=1S/C13H24ClNO/c1-11(14)7-10-15(3)12(16)13(2)8-5-4-6-9-13/h11H,4-10H2,1-3H3. The van der Waals surface area contributed by atoms with Crippen molar-refractivity contribution < 1.29 is 4.79 Å². The van der Waals surface area contributed by atoms with Gasteiger partial charge in [0, 0.05) is 24.4 Å². The second-order valence-electron chi connectivity index (χ2n) is 5.42. The third-order valence-corrected chi connectivity index (χ3v) is 3.90. The fraction of sp³-hybridized carbons (Fsp3) is 0.923. The van der Waals surface area contributed by atoms with Crippen molar-refractivity contribution in [1.29, 1.82) is 0 Å². The number of halogens is 1. The van der Waals surface area contributed by atoms with E-state index < -0.39 is 0 Å². The summed E-state index contributed by atoms with van der Waals surface area (Å²) in [5, 5.41) is 0.148. The van der Waals surface area contributed by atoms with Crippen LogP contribution in [0.5, 0.6) is 0 Å². The van der Waals surface area contributed by atoms with Gasteiger partial charge in [0.1, 0.15) is 0 Å². The first-order chi connectivity index (χ1) is 7.46. The quantitative estimate of drug-likeness (QED) is 0.695. The Bertz CT molecular complexity index is 234. The Balaban J connectivity index is 2.48. The lowest BCUT2D eigenvalue weighted by molar-refractivity contribution is -0.141. The van der Waals surface area contributed by atoms with Crippen LogP contribution in [0.4, 0.5) is 0 Å². The summed E-state index contributed by atoms with van der Waals surface area (Å²) in [7, 11) is 1.90. The van der Waals surface area contributed by atoms with Crippen LogP contribution in [0, 0.1) is 5.41 Å². The predicted molar refractivity (Wildman–Crippen MR) is 68.8 cm³/mol. The van der Waals surface area contributed by atoms with Crippen LogP contribution in [0.1, 0.15) is 52.4 Å². The molecule has 1 rings (SSSR count). The molecular weight excluding hydrogens is 222 g/mol. The molecule has 1 fully saturated rings. The van der Waals surface area contributed by atoms with Crippen molar-refractivity contribution in [1.82, 2.24) is 4.90 Å². The zero-order valence-corrected chi connectivity index (χ0v) is 11.5. The lowest BCUT2D eigenvalue weighted by Gasteiger charge is -2.35. The molecule has 1 unspecified atom stereocenters. The van der Waals surface area contributed by atoms with Crippen molar-refractivity contribution in [2.45, 2.75) is 57.7 Å². The van der Waals surface area contributed by atoms with Gasteiger partial charge in [0.05, 0.1) is 0 Å². The molecule has 0 aromatic carbocycles. The number of rotatable bonds is 4. The van der Waals surface area contributed by atoms with E-state index >= 15 is 0 Å². The SMILES string of the molecule is CC(Cl)CCN(C)C(=O)C1(C)CCCCC1. The number of carbonyl (C=O) groups excluding carboxylic acids is 1. The highest BCUT2D eigenvalue weighted by atomic mass is 35.5. The summed E-state index contributed by atoms with van der Waals surface area (Å²) in [6.07, 6.45) is 6.65. The second kappa shape index (κ2) is 5.90. The number of hydrogen-bond acceptors (Lipinski definition) is 1. The van der Waals surface area contributed by atoms with E-state index in [9.17, 15) is 4.79 Å². The lowest BCUT2D eigenvalue weighted by Crippen LogP contribution is -2.42. The van der Waals surface area contributed by atoms with Gasteiger partial charge < -0.3 is 4.90 Å². The molecule has 1 saturated carbocycles. The van der Waals surface area contributed by atoms with E-state index in [1.807, 2.05) is 18.9 Å². The van der Waals surface area contributed by atoms with Gasteiger partial charge >= 0.3 is 0 Å². The summed E-state index contributed by atoms with van der Waals surface area (Å²) in [4.78, 5) is 14.2.